The monoisotopic (exact) mass is 1090 g/mol. The lowest BCUT2D eigenvalue weighted by atomic mass is 9.33. The minimum Gasteiger partial charge on any atom is -0.469 e. The van der Waals surface area contributed by atoms with Gasteiger partial charge in [0.25, 0.3) is 0 Å². The first-order valence-corrected chi connectivity index (χ1v) is 26.8. The number of fused-ring (bicyclic) bond motifs is 7. The van der Waals surface area contributed by atoms with Crippen molar-refractivity contribution in [2.24, 2.45) is 50.2 Å². The Balaban J connectivity index is 1.28. The van der Waals surface area contributed by atoms with Crippen LogP contribution < -0.4 is 0 Å². The Morgan fingerprint density at radius 3 is 1.70 bits per heavy atom. The van der Waals surface area contributed by atoms with Gasteiger partial charge < -0.3 is 56.8 Å². The Bertz CT molecular complexity index is 2400. The fraction of sp³-hybridized carbons (Fsp3) is 0.804. The second kappa shape index (κ2) is 21.9. The lowest BCUT2D eigenvalue weighted by Crippen LogP contribution is -2.69. The summed E-state index contributed by atoms with van der Waals surface area (Å²) in [6.07, 6.45) is -9.56. The van der Waals surface area contributed by atoms with Crippen LogP contribution in [-0.4, -0.2) is 142 Å². The molecule has 21 heteroatoms. The molecule has 2 heterocycles. The van der Waals surface area contributed by atoms with Gasteiger partial charge in [0, 0.05) is 47.5 Å². The number of carbonyl (C=O) groups is 9. The molecular weight excluding hydrogens is 1010 g/mol. The molecule has 5 aliphatic carbocycles. The quantitative estimate of drug-likeness (QED) is 0.121. The van der Waals surface area contributed by atoms with Crippen molar-refractivity contribution in [1.29, 1.82) is 0 Å². The number of carbonyl (C=O) groups excluding carboxylic acids is 9. The van der Waals surface area contributed by atoms with Crippen LogP contribution in [-0.2, 0) is 100.0 Å². The molecule has 0 radical (unpaired) electrons. The second-order valence-electron chi connectivity index (χ2n) is 24.5. The molecule has 21 nitrogen and oxygen atoms in total. The van der Waals surface area contributed by atoms with Gasteiger partial charge in [-0.05, 0) is 110 Å². The minimum absolute atomic E-state index is 0.0218. The van der Waals surface area contributed by atoms with Crippen molar-refractivity contribution >= 4 is 53.5 Å². The molecule has 2 saturated heterocycles. The Morgan fingerprint density at radius 2 is 1.13 bits per heavy atom. The predicted octanol–water partition coefficient (Wildman–Crippen LogP) is 5.75. The average Bonchev–Trinajstić information content (AvgIpc) is 3.32. The van der Waals surface area contributed by atoms with E-state index in [1.54, 1.807) is 0 Å². The molecule has 0 aromatic carbocycles. The van der Waals surface area contributed by atoms with Crippen molar-refractivity contribution in [3.05, 3.63) is 11.6 Å². The Kier molecular flexibility index (Phi) is 17.0. The minimum atomic E-state index is -1.88. The van der Waals surface area contributed by atoms with Crippen LogP contribution in [0.4, 0.5) is 0 Å². The Hall–Kier alpha value is -4.99. The summed E-state index contributed by atoms with van der Waals surface area (Å²) < 4.78 is 70.8. The molecule has 77 heavy (non-hydrogen) atoms. The van der Waals surface area contributed by atoms with E-state index in [1.165, 1.54) is 7.11 Å². The maximum Gasteiger partial charge on any atom is 0.339 e. The molecular formula is C56H80O21. The Labute approximate surface area is 450 Å². The van der Waals surface area contributed by atoms with Crippen molar-refractivity contribution < 1.29 is 100.0 Å². The summed E-state index contributed by atoms with van der Waals surface area (Å²) in [4.78, 5) is 119. The maximum atomic E-state index is 15.3. The highest BCUT2D eigenvalue weighted by Gasteiger charge is 2.71. The number of ether oxygens (including phenoxy) is 12. The lowest BCUT2D eigenvalue weighted by molar-refractivity contribution is -0.375. The molecule has 0 bridgehead atoms. The van der Waals surface area contributed by atoms with E-state index in [0.29, 0.717) is 32.1 Å². The van der Waals surface area contributed by atoms with Gasteiger partial charge in [0.1, 0.15) is 12.7 Å². The van der Waals surface area contributed by atoms with E-state index < -0.39 is 138 Å². The van der Waals surface area contributed by atoms with Gasteiger partial charge in [-0.2, -0.15) is 0 Å². The van der Waals surface area contributed by atoms with Gasteiger partial charge in [0.15, 0.2) is 61.1 Å². The number of methoxy groups -OCH3 is 2. The fourth-order valence-corrected chi connectivity index (χ4v) is 15.5. The number of esters is 8. The maximum absolute atomic E-state index is 15.3. The molecule has 0 aromatic rings. The highest BCUT2D eigenvalue weighted by atomic mass is 16.8. The normalized spacial score (nSPS) is 41.9. The predicted molar refractivity (Wildman–Crippen MR) is 265 cm³/mol. The molecule has 430 valence electrons. The summed E-state index contributed by atoms with van der Waals surface area (Å²) in [5.41, 5.74) is -1.71. The first-order chi connectivity index (χ1) is 35.8. The van der Waals surface area contributed by atoms with Crippen LogP contribution in [0.1, 0.15) is 148 Å². The Morgan fingerprint density at radius 1 is 0.584 bits per heavy atom. The standard InChI is InChI=1S/C56H80O21/c1-27(57)68-26-36-39(69-28(2)58)40(70-29(3)59)44(73-32(6)62)48(74-36)77-45-42(72-31(5)61)41(71-30(4)60)43(47(64)66-14)76-49(45)75-38-17-18-54(11)37(51(38,7)8)16-19-56(13)46(54)35(63)24-33-34-25-53(10,50(65)67-15)21-20-52(34,9)22-23-55(33,56)12/h24,34,36-46,48-49H,16-23,25-26H2,1-15H3/t34?,36-,37?,38?,39-,40+,41+,42+,43+,44-,45-,46?,48+,49-,52-,53+,54+,55-,56-/m1/s1. The summed E-state index contributed by atoms with van der Waals surface area (Å²) in [5.74, 6) is -6.98. The number of rotatable bonds is 13. The summed E-state index contributed by atoms with van der Waals surface area (Å²) in [5, 5.41) is 0. The van der Waals surface area contributed by atoms with Gasteiger partial charge in [-0.15, -0.1) is 0 Å². The van der Waals surface area contributed by atoms with Crippen molar-refractivity contribution in [1.82, 2.24) is 0 Å². The zero-order chi connectivity index (χ0) is 57.1. The number of ketones is 1. The van der Waals surface area contributed by atoms with Crippen LogP contribution in [0.3, 0.4) is 0 Å². The molecule has 6 fully saturated rings. The first-order valence-electron chi connectivity index (χ1n) is 26.8. The van der Waals surface area contributed by atoms with Gasteiger partial charge in [0.05, 0.1) is 25.7 Å². The van der Waals surface area contributed by atoms with Crippen molar-refractivity contribution in [2.75, 3.05) is 20.8 Å². The molecule has 7 aliphatic rings. The van der Waals surface area contributed by atoms with Crippen LogP contribution in [0.15, 0.2) is 11.6 Å². The van der Waals surface area contributed by atoms with Crippen LogP contribution in [0.5, 0.6) is 0 Å². The van der Waals surface area contributed by atoms with E-state index in [0.717, 1.165) is 79.9 Å². The zero-order valence-corrected chi connectivity index (χ0v) is 47.3. The topological polar surface area (TPSA) is 264 Å². The van der Waals surface area contributed by atoms with Gasteiger partial charge in [-0.25, -0.2) is 4.79 Å². The molecule has 2 aliphatic heterocycles. The largest absolute Gasteiger partial charge is 0.469 e. The molecule has 0 spiro atoms. The first kappa shape index (κ1) is 59.7. The molecule has 0 N–H and O–H groups in total. The second-order valence-corrected chi connectivity index (χ2v) is 24.5. The molecule has 19 atom stereocenters. The van der Waals surface area contributed by atoms with E-state index in [1.807, 2.05) is 13.0 Å². The van der Waals surface area contributed by atoms with Crippen molar-refractivity contribution in [3.63, 3.8) is 0 Å². The number of allylic oxidation sites excluding steroid dienone is 2. The lowest BCUT2D eigenvalue weighted by Gasteiger charge is -2.70. The molecule has 4 unspecified atom stereocenters. The zero-order valence-electron chi connectivity index (χ0n) is 47.3. The number of hydrogen-bond acceptors (Lipinski definition) is 21. The van der Waals surface area contributed by atoms with E-state index in [4.69, 9.17) is 56.8 Å². The van der Waals surface area contributed by atoms with Crippen LogP contribution in [0.25, 0.3) is 0 Å². The van der Waals surface area contributed by atoms with Gasteiger partial charge in [0.2, 0.25) is 0 Å². The molecule has 4 saturated carbocycles. The van der Waals surface area contributed by atoms with Crippen LogP contribution in [0, 0.1) is 50.2 Å². The van der Waals surface area contributed by atoms with Crippen molar-refractivity contribution in [3.8, 4) is 0 Å². The summed E-state index contributed by atoms with van der Waals surface area (Å²) in [6, 6.07) is 0. The van der Waals surface area contributed by atoms with E-state index in [-0.39, 0.29) is 40.3 Å². The van der Waals surface area contributed by atoms with E-state index in [9.17, 15) is 38.4 Å². The van der Waals surface area contributed by atoms with Crippen LogP contribution in [0.2, 0.25) is 0 Å². The van der Waals surface area contributed by atoms with Crippen molar-refractivity contribution in [2.45, 2.75) is 215 Å². The fourth-order valence-electron chi connectivity index (χ4n) is 15.5. The highest BCUT2D eigenvalue weighted by molar-refractivity contribution is 5.96. The van der Waals surface area contributed by atoms with Crippen LogP contribution >= 0.6 is 0 Å². The smallest absolute Gasteiger partial charge is 0.339 e. The highest BCUT2D eigenvalue weighted by Crippen LogP contribution is 2.75. The van der Waals surface area contributed by atoms with Gasteiger partial charge in [-0.3, -0.25) is 38.4 Å². The summed E-state index contributed by atoms with van der Waals surface area (Å²) >= 11 is 0. The molecule has 0 aromatic heterocycles. The third kappa shape index (κ3) is 10.9. The van der Waals surface area contributed by atoms with E-state index in [2.05, 4.69) is 41.5 Å². The third-order valence-corrected chi connectivity index (χ3v) is 19.3. The average molecular weight is 1090 g/mol. The van der Waals surface area contributed by atoms with Gasteiger partial charge >= 0.3 is 47.8 Å². The molecule has 0 amide bonds. The molecule has 7 rings (SSSR count). The number of hydrogen-bond donors (Lipinski definition) is 0. The summed E-state index contributed by atoms with van der Waals surface area (Å²) in [7, 11) is 2.52. The third-order valence-electron chi connectivity index (χ3n) is 19.3. The van der Waals surface area contributed by atoms with E-state index >= 15 is 4.79 Å². The summed E-state index contributed by atoms with van der Waals surface area (Å²) in [6.45, 7) is 21.1. The van der Waals surface area contributed by atoms with Gasteiger partial charge in [-0.1, -0.05) is 47.1 Å². The SMILES string of the molecule is COC(=O)[C@H]1O[C@@H](OC2CC[C@@]3(C)C(CC[C@]4(C)C3C(=O)C=C3C5C[C@@](C)(C(=O)OC)CC[C@]5(C)CC[C@]34C)C2(C)C)[C@H](O[C@@H]2O[C@H](COC(C)=O)[C@@H](OC(C)=O)[C@H](OC(C)=O)[C@H]2OC(C)=O)[C@@H](OC(C)=O)[C@@H]1OC(C)=O.